The van der Waals surface area contributed by atoms with Gasteiger partial charge in [-0.05, 0) is 24.3 Å². The Labute approximate surface area is 139 Å². The first-order valence-electron chi connectivity index (χ1n) is 7.11. The molecule has 0 unspecified atom stereocenters. The van der Waals surface area contributed by atoms with E-state index in [2.05, 4.69) is 10.3 Å². The Kier molecular flexibility index (Phi) is 5.92. The minimum Gasteiger partial charge on any atom is -0.493 e. The Morgan fingerprint density at radius 1 is 1.04 bits per heavy atom. The molecule has 2 rings (SSSR count). The molecule has 0 radical (unpaired) electrons. The zero-order valence-corrected chi connectivity index (χ0v) is 12.7. The summed E-state index contributed by atoms with van der Waals surface area (Å²) in [6.45, 7) is 0.461. The summed E-state index contributed by atoms with van der Waals surface area (Å²) in [7, 11) is 0. The summed E-state index contributed by atoms with van der Waals surface area (Å²) in [6.07, 6.45) is 2.41. The molecule has 6 nitrogen and oxygen atoms in total. The van der Waals surface area contributed by atoms with E-state index in [1.165, 1.54) is 0 Å². The number of hydrogen-bond acceptors (Lipinski definition) is 6. The fourth-order valence-corrected chi connectivity index (χ4v) is 1.91. The average Bonchev–Trinajstić information content (AvgIpc) is 2.63. The second-order valence-corrected chi connectivity index (χ2v) is 4.66. The van der Waals surface area contributed by atoms with Crippen LogP contribution in [0, 0.1) is 34.0 Å². The molecule has 0 saturated heterocycles. The summed E-state index contributed by atoms with van der Waals surface area (Å²) in [5, 5.41) is 29.5. The Morgan fingerprint density at radius 2 is 1.88 bits per heavy atom. The van der Waals surface area contributed by atoms with Gasteiger partial charge in [0, 0.05) is 30.1 Å². The summed E-state index contributed by atoms with van der Waals surface area (Å²) in [5.41, 5.74) is 1.14. The highest BCUT2D eigenvalue weighted by molar-refractivity contribution is 5.59. The second-order valence-electron chi connectivity index (χ2n) is 4.66. The molecule has 0 aliphatic rings. The molecule has 0 aliphatic carbocycles. The SMILES string of the molecule is N#CC(C#N)=C(C#N)Nc1cccc(OCCc2ccccn2)c1. The van der Waals surface area contributed by atoms with Crippen molar-refractivity contribution in [2.45, 2.75) is 6.42 Å². The van der Waals surface area contributed by atoms with Crippen LogP contribution in [0.4, 0.5) is 5.69 Å². The summed E-state index contributed by atoms with van der Waals surface area (Å²) in [5.74, 6) is 0.615. The van der Waals surface area contributed by atoms with Crippen molar-refractivity contribution in [2.75, 3.05) is 11.9 Å². The molecule has 0 atom stereocenters. The molecule has 0 fully saturated rings. The van der Waals surface area contributed by atoms with Gasteiger partial charge in [-0.15, -0.1) is 0 Å². The molecule has 1 aromatic carbocycles. The first kappa shape index (κ1) is 16.5. The molecule has 1 N–H and O–H groups in total. The standard InChI is InChI=1S/C18H13N5O/c19-11-14(12-20)18(13-21)23-16-5-3-6-17(10-16)24-9-7-15-4-1-2-8-22-15/h1-6,8,10,23H,7,9H2. The maximum atomic E-state index is 9.05. The van der Waals surface area contributed by atoms with Crippen LogP contribution in [-0.2, 0) is 6.42 Å². The normalized spacial score (nSPS) is 9.04. The van der Waals surface area contributed by atoms with Gasteiger partial charge in [-0.2, -0.15) is 15.8 Å². The van der Waals surface area contributed by atoms with Gasteiger partial charge in [0.25, 0.3) is 0 Å². The van der Waals surface area contributed by atoms with E-state index < -0.39 is 0 Å². The number of nitrogens with zero attached hydrogens (tertiary/aromatic N) is 4. The van der Waals surface area contributed by atoms with Gasteiger partial charge in [0.2, 0.25) is 0 Å². The maximum absolute atomic E-state index is 9.05. The van der Waals surface area contributed by atoms with E-state index in [0.29, 0.717) is 24.5 Å². The fraction of sp³-hybridized carbons (Fsp3) is 0.111. The number of ether oxygens (including phenoxy) is 1. The molecule has 6 heteroatoms. The minimum atomic E-state index is -0.265. The number of nitriles is 3. The summed E-state index contributed by atoms with van der Waals surface area (Å²) < 4.78 is 5.67. The zero-order valence-electron chi connectivity index (χ0n) is 12.7. The van der Waals surface area contributed by atoms with E-state index in [1.807, 2.05) is 24.3 Å². The molecular formula is C18H13N5O. The van der Waals surface area contributed by atoms with E-state index >= 15 is 0 Å². The van der Waals surface area contributed by atoms with Crippen LogP contribution in [0.1, 0.15) is 5.69 Å². The van der Waals surface area contributed by atoms with Crippen molar-refractivity contribution >= 4 is 5.69 Å². The van der Waals surface area contributed by atoms with Crippen molar-refractivity contribution in [3.05, 3.63) is 65.6 Å². The molecule has 1 heterocycles. The van der Waals surface area contributed by atoms with Crippen molar-refractivity contribution in [1.82, 2.24) is 4.98 Å². The number of nitrogens with one attached hydrogen (secondary N) is 1. The van der Waals surface area contributed by atoms with E-state index in [0.717, 1.165) is 5.69 Å². The smallest absolute Gasteiger partial charge is 0.163 e. The van der Waals surface area contributed by atoms with Crippen LogP contribution in [0.25, 0.3) is 0 Å². The number of pyridine rings is 1. The number of hydrogen-bond donors (Lipinski definition) is 1. The van der Waals surface area contributed by atoms with E-state index in [-0.39, 0.29) is 11.3 Å². The molecule has 0 amide bonds. The number of anilines is 1. The Morgan fingerprint density at radius 3 is 2.54 bits per heavy atom. The van der Waals surface area contributed by atoms with Gasteiger partial charge in [0.05, 0.1) is 6.61 Å². The van der Waals surface area contributed by atoms with Crippen molar-refractivity contribution in [2.24, 2.45) is 0 Å². The summed E-state index contributed by atoms with van der Waals surface area (Å²) in [4.78, 5) is 4.22. The minimum absolute atomic E-state index is 0.0920. The van der Waals surface area contributed by atoms with E-state index in [1.54, 1.807) is 42.6 Å². The third-order valence-corrected chi connectivity index (χ3v) is 3.04. The third-order valence-electron chi connectivity index (χ3n) is 3.04. The topological polar surface area (TPSA) is 106 Å². The maximum Gasteiger partial charge on any atom is 0.163 e. The van der Waals surface area contributed by atoms with E-state index in [4.69, 9.17) is 20.5 Å². The highest BCUT2D eigenvalue weighted by atomic mass is 16.5. The second kappa shape index (κ2) is 8.58. The van der Waals surface area contributed by atoms with Crippen molar-refractivity contribution < 1.29 is 4.74 Å². The Hall–Kier alpha value is -3.82. The summed E-state index contributed by atoms with van der Waals surface area (Å²) in [6, 6.07) is 17.8. The van der Waals surface area contributed by atoms with Crippen LogP contribution >= 0.6 is 0 Å². The van der Waals surface area contributed by atoms with Gasteiger partial charge < -0.3 is 10.1 Å². The highest BCUT2D eigenvalue weighted by Crippen LogP contribution is 2.19. The van der Waals surface area contributed by atoms with Crippen molar-refractivity contribution in [1.29, 1.82) is 15.8 Å². The van der Waals surface area contributed by atoms with Crippen molar-refractivity contribution in [3.63, 3.8) is 0 Å². The number of allylic oxidation sites excluding steroid dienone is 2. The quantitative estimate of drug-likeness (QED) is 0.821. The lowest BCUT2D eigenvalue weighted by Gasteiger charge is -2.09. The molecule has 0 bridgehead atoms. The third kappa shape index (κ3) is 4.59. The van der Waals surface area contributed by atoms with Gasteiger partial charge in [-0.1, -0.05) is 12.1 Å². The highest BCUT2D eigenvalue weighted by Gasteiger charge is 2.06. The van der Waals surface area contributed by atoms with Crippen molar-refractivity contribution in [3.8, 4) is 24.0 Å². The average molecular weight is 315 g/mol. The monoisotopic (exact) mass is 315 g/mol. The number of aromatic nitrogens is 1. The molecule has 0 aliphatic heterocycles. The predicted molar refractivity (Wildman–Crippen MR) is 87.4 cm³/mol. The lowest BCUT2D eigenvalue weighted by atomic mass is 10.2. The predicted octanol–water partition coefficient (Wildman–Crippen LogP) is 2.94. The zero-order chi connectivity index (χ0) is 17.2. The molecule has 0 saturated carbocycles. The number of rotatable bonds is 6. The van der Waals surface area contributed by atoms with Gasteiger partial charge in [0.15, 0.2) is 5.57 Å². The van der Waals surface area contributed by atoms with Gasteiger partial charge in [-0.3, -0.25) is 4.98 Å². The molecule has 24 heavy (non-hydrogen) atoms. The lowest BCUT2D eigenvalue weighted by molar-refractivity contribution is 0.320. The molecule has 116 valence electrons. The van der Waals surface area contributed by atoms with Crippen LogP contribution in [0.5, 0.6) is 5.75 Å². The Balaban J connectivity index is 2.02. The molecule has 1 aromatic heterocycles. The van der Waals surface area contributed by atoms with Gasteiger partial charge in [0.1, 0.15) is 29.7 Å². The first-order valence-corrected chi connectivity index (χ1v) is 7.11. The van der Waals surface area contributed by atoms with Crippen LogP contribution < -0.4 is 10.1 Å². The lowest BCUT2D eigenvalue weighted by Crippen LogP contribution is -2.04. The van der Waals surface area contributed by atoms with Crippen LogP contribution in [-0.4, -0.2) is 11.6 Å². The van der Waals surface area contributed by atoms with E-state index in [9.17, 15) is 0 Å². The first-order chi connectivity index (χ1) is 11.8. The van der Waals surface area contributed by atoms with Crippen LogP contribution in [0.3, 0.4) is 0 Å². The Bertz CT molecular complexity index is 837. The molecule has 0 spiro atoms. The molecular weight excluding hydrogens is 302 g/mol. The molecule has 2 aromatic rings. The fourth-order valence-electron chi connectivity index (χ4n) is 1.91. The van der Waals surface area contributed by atoms with Gasteiger partial charge >= 0.3 is 0 Å². The largest absolute Gasteiger partial charge is 0.493 e. The van der Waals surface area contributed by atoms with Gasteiger partial charge in [-0.25, -0.2) is 0 Å². The van der Waals surface area contributed by atoms with Crippen LogP contribution in [0.15, 0.2) is 59.9 Å². The van der Waals surface area contributed by atoms with Crippen LogP contribution in [0.2, 0.25) is 0 Å². The summed E-state index contributed by atoms with van der Waals surface area (Å²) >= 11 is 0. The number of benzene rings is 1.